The molecule has 1 heteroatoms. The zero-order valence-electron chi connectivity index (χ0n) is 6.12. The van der Waals surface area contributed by atoms with E-state index in [2.05, 4.69) is 6.92 Å². The van der Waals surface area contributed by atoms with Gasteiger partial charge in [0.1, 0.15) is 5.67 Å². The van der Waals surface area contributed by atoms with Crippen molar-refractivity contribution in [2.45, 2.75) is 51.1 Å². The van der Waals surface area contributed by atoms with Crippen molar-refractivity contribution < 1.29 is 4.39 Å². The van der Waals surface area contributed by atoms with Crippen molar-refractivity contribution in [3.05, 3.63) is 0 Å². The fourth-order valence-corrected chi connectivity index (χ4v) is 1.71. The fourth-order valence-electron chi connectivity index (χ4n) is 1.71. The van der Waals surface area contributed by atoms with Crippen LogP contribution in [0.15, 0.2) is 0 Å². The smallest absolute Gasteiger partial charge is 0.111 e. The molecule has 0 heterocycles. The highest BCUT2D eigenvalue weighted by Crippen LogP contribution is 2.36. The molecule has 0 spiro atoms. The standard InChI is InChI=1S/C8H15F/c1-2-5-8(9)6-3-4-7-8/h2-7H2,1H3. The van der Waals surface area contributed by atoms with E-state index in [1.807, 2.05) is 0 Å². The average Bonchev–Trinajstić information content (AvgIpc) is 2.16. The van der Waals surface area contributed by atoms with Crippen molar-refractivity contribution in [2.24, 2.45) is 0 Å². The quantitative estimate of drug-likeness (QED) is 0.539. The summed E-state index contributed by atoms with van der Waals surface area (Å²) in [5.41, 5.74) is -0.755. The Kier molecular flexibility index (Phi) is 2.09. The zero-order valence-corrected chi connectivity index (χ0v) is 6.12. The molecule has 0 aromatic carbocycles. The molecule has 1 aliphatic rings. The molecule has 1 rings (SSSR count). The Morgan fingerprint density at radius 3 is 2.33 bits per heavy atom. The molecule has 0 amide bonds. The number of alkyl halides is 1. The van der Waals surface area contributed by atoms with Gasteiger partial charge in [0.05, 0.1) is 0 Å². The summed E-state index contributed by atoms with van der Waals surface area (Å²) in [6.45, 7) is 2.06. The maximum Gasteiger partial charge on any atom is 0.111 e. The molecule has 0 atom stereocenters. The van der Waals surface area contributed by atoms with Crippen molar-refractivity contribution >= 4 is 0 Å². The second-order valence-corrected chi connectivity index (χ2v) is 3.11. The summed E-state index contributed by atoms with van der Waals surface area (Å²) in [5, 5.41) is 0. The largest absolute Gasteiger partial charge is 0.244 e. The lowest BCUT2D eigenvalue weighted by atomic mass is 9.99. The summed E-state index contributed by atoms with van der Waals surface area (Å²) in [4.78, 5) is 0. The van der Waals surface area contributed by atoms with E-state index < -0.39 is 5.67 Å². The summed E-state index contributed by atoms with van der Waals surface area (Å²) in [7, 11) is 0. The molecule has 0 N–H and O–H groups in total. The molecule has 0 aromatic heterocycles. The van der Waals surface area contributed by atoms with Crippen LogP contribution in [0, 0.1) is 0 Å². The van der Waals surface area contributed by atoms with Gasteiger partial charge in [-0.05, 0) is 19.3 Å². The van der Waals surface area contributed by atoms with E-state index in [-0.39, 0.29) is 0 Å². The summed E-state index contributed by atoms with van der Waals surface area (Å²) >= 11 is 0. The summed E-state index contributed by atoms with van der Waals surface area (Å²) in [6, 6.07) is 0. The molecule has 1 aliphatic carbocycles. The van der Waals surface area contributed by atoms with Gasteiger partial charge in [0.25, 0.3) is 0 Å². The Bertz CT molecular complexity index is 82.6. The third-order valence-corrected chi connectivity index (χ3v) is 2.20. The fraction of sp³-hybridized carbons (Fsp3) is 1.00. The molecule has 9 heavy (non-hydrogen) atoms. The predicted molar refractivity (Wildman–Crippen MR) is 37.2 cm³/mol. The number of hydrogen-bond acceptors (Lipinski definition) is 0. The van der Waals surface area contributed by atoms with Gasteiger partial charge in [-0.1, -0.05) is 26.2 Å². The number of halogens is 1. The van der Waals surface area contributed by atoms with E-state index in [9.17, 15) is 4.39 Å². The summed E-state index contributed by atoms with van der Waals surface area (Å²) in [6.07, 6.45) is 5.64. The highest BCUT2D eigenvalue weighted by molar-refractivity contribution is 4.83. The normalized spacial score (nSPS) is 24.7. The van der Waals surface area contributed by atoms with Crippen molar-refractivity contribution in [3.8, 4) is 0 Å². The molecule has 0 bridgehead atoms. The minimum Gasteiger partial charge on any atom is -0.244 e. The molecule has 54 valence electrons. The van der Waals surface area contributed by atoms with Crippen molar-refractivity contribution in [1.82, 2.24) is 0 Å². The maximum atomic E-state index is 13.3. The first kappa shape index (κ1) is 7.04. The van der Waals surface area contributed by atoms with Crippen LogP contribution in [-0.4, -0.2) is 5.67 Å². The van der Waals surface area contributed by atoms with E-state index in [4.69, 9.17) is 0 Å². The molecule has 1 fully saturated rings. The summed E-state index contributed by atoms with van der Waals surface area (Å²) < 4.78 is 13.3. The second-order valence-electron chi connectivity index (χ2n) is 3.11. The topological polar surface area (TPSA) is 0 Å². The van der Waals surface area contributed by atoms with Gasteiger partial charge in [-0.3, -0.25) is 0 Å². The van der Waals surface area contributed by atoms with E-state index >= 15 is 0 Å². The van der Waals surface area contributed by atoms with Gasteiger partial charge in [0.15, 0.2) is 0 Å². The van der Waals surface area contributed by atoms with Gasteiger partial charge in [-0.15, -0.1) is 0 Å². The lowest BCUT2D eigenvalue weighted by molar-refractivity contribution is 0.158. The lowest BCUT2D eigenvalue weighted by Crippen LogP contribution is -2.16. The Morgan fingerprint density at radius 1 is 1.33 bits per heavy atom. The minimum atomic E-state index is -0.755. The van der Waals surface area contributed by atoms with E-state index in [1.165, 1.54) is 0 Å². The first-order valence-corrected chi connectivity index (χ1v) is 3.96. The summed E-state index contributed by atoms with van der Waals surface area (Å²) in [5.74, 6) is 0. The monoisotopic (exact) mass is 130 g/mol. The second kappa shape index (κ2) is 2.68. The molecule has 1 saturated carbocycles. The van der Waals surface area contributed by atoms with Crippen LogP contribution in [0.1, 0.15) is 45.4 Å². The first-order chi connectivity index (χ1) is 4.27. The molecule has 0 unspecified atom stereocenters. The Balaban J connectivity index is 2.32. The van der Waals surface area contributed by atoms with Crippen LogP contribution in [0.25, 0.3) is 0 Å². The molecule has 0 saturated heterocycles. The van der Waals surface area contributed by atoms with Crippen molar-refractivity contribution in [3.63, 3.8) is 0 Å². The molecule has 0 aliphatic heterocycles. The van der Waals surface area contributed by atoms with Gasteiger partial charge in [-0.2, -0.15) is 0 Å². The van der Waals surface area contributed by atoms with Gasteiger partial charge >= 0.3 is 0 Å². The molecule has 0 radical (unpaired) electrons. The Labute approximate surface area is 56.5 Å². The highest BCUT2D eigenvalue weighted by atomic mass is 19.1. The van der Waals surface area contributed by atoms with Crippen LogP contribution >= 0.6 is 0 Å². The number of hydrogen-bond donors (Lipinski definition) is 0. The lowest BCUT2D eigenvalue weighted by Gasteiger charge is -2.16. The first-order valence-electron chi connectivity index (χ1n) is 3.96. The Morgan fingerprint density at radius 2 is 1.89 bits per heavy atom. The van der Waals surface area contributed by atoms with E-state index in [0.29, 0.717) is 0 Å². The third kappa shape index (κ3) is 1.67. The van der Waals surface area contributed by atoms with Crippen LogP contribution in [0.4, 0.5) is 4.39 Å². The molecule has 0 nitrogen and oxygen atoms in total. The van der Waals surface area contributed by atoms with Crippen LogP contribution < -0.4 is 0 Å². The van der Waals surface area contributed by atoms with Gasteiger partial charge in [0, 0.05) is 0 Å². The van der Waals surface area contributed by atoms with Crippen LogP contribution in [0.3, 0.4) is 0 Å². The predicted octanol–water partition coefficient (Wildman–Crippen LogP) is 3.07. The minimum absolute atomic E-state index is 0.755. The van der Waals surface area contributed by atoms with E-state index in [1.54, 1.807) is 0 Å². The third-order valence-electron chi connectivity index (χ3n) is 2.20. The van der Waals surface area contributed by atoms with Crippen molar-refractivity contribution in [1.29, 1.82) is 0 Å². The van der Waals surface area contributed by atoms with Crippen molar-refractivity contribution in [2.75, 3.05) is 0 Å². The number of rotatable bonds is 2. The average molecular weight is 130 g/mol. The van der Waals surface area contributed by atoms with Gasteiger partial charge < -0.3 is 0 Å². The highest BCUT2D eigenvalue weighted by Gasteiger charge is 2.31. The molecular weight excluding hydrogens is 115 g/mol. The van der Waals surface area contributed by atoms with Gasteiger partial charge in [-0.25, -0.2) is 4.39 Å². The Hall–Kier alpha value is -0.0700. The van der Waals surface area contributed by atoms with E-state index in [0.717, 1.165) is 38.5 Å². The maximum absolute atomic E-state index is 13.3. The zero-order chi connectivity index (χ0) is 6.74. The van der Waals surface area contributed by atoms with Crippen LogP contribution in [0.2, 0.25) is 0 Å². The SMILES string of the molecule is CCCC1(F)CCCC1. The van der Waals surface area contributed by atoms with Gasteiger partial charge in [0.2, 0.25) is 0 Å². The van der Waals surface area contributed by atoms with Crippen LogP contribution in [-0.2, 0) is 0 Å². The molecular formula is C8H15F. The van der Waals surface area contributed by atoms with Crippen LogP contribution in [0.5, 0.6) is 0 Å². The molecule has 0 aromatic rings.